The number of ether oxygens (including phenoxy) is 2. The predicted molar refractivity (Wildman–Crippen MR) is 133 cm³/mol. The highest BCUT2D eigenvalue weighted by Gasteiger charge is 2.54. The minimum absolute atomic E-state index is 0.0798. The lowest BCUT2D eigenvalue weighted by atomic mass is 10.1. The van der Waals surface area contributed by atoms with Crippen LogP contribution in [0.2, 0.25) is 0 Å². The number of pyridine rings is 1. The molecule has 212 valence electrons. The normalized spacial score (nSPS) is 20.0. The first-order chi connectivity index (χ1) is 18.9. The molecule has 1 aromatic heterocycles. The van der Waals surface area contributed by atoms with Crippen molar-refractivity contribution in [1.29, 1.82) is 0 Å². The maximum absolute atomic E-state index is 14.0. The summed E-state index contributed by atoms with van der Waals surface area (Å²) in [5.41, 5.74) is 0.178. The number of amides is 1. The number of aliphatic hydroxyl groups excluding tert-OH is 1. The Hall–Kier alpha value is -3.59. The number of anilines is 1. The molecule has 0 spiro atoms. The lowest BCUT2D eigenvalue weighted by Crippen LogP contribution is -2.41. The zero-order valence-electron chi connectivity index (χ0n) is 20.7. The number of hydrogen-bond acceptors (Lipinski definition) is 7. The molecule has 0 radical (unpaired) electrons. The van der Waals surface area contributed by atoms with Gasteiger partial charge in [-0.1, -0.05) is 24.3 Å². The van der Waals surface area contributed by atoms with E-state index in [1.54, 1.807) is 24.3 Å². The van der Waals surface area contributed by atoms with Crippen LogP contribution in [0.5, 0.6) is 5.75 Å². The van der Waals surface area contributed by atoms with Gasteiger partial charge in [0.15, 0.2) is 0 Å². The van der Waals surface area contributed by atoms with Crippen LogP contribution in [0.4, 0.5) is 23.4 Å². The molecule has 1 fully saturated rings. The lowest BCUT2D eigenvalue weighted by molar-refractivity contribution is -0.461. The molecule has 0 unspecified atom stereocenters. The third kappa shape index (κ3) is 5.66. The minimum Gasteiger partial charge on any atom is -0.409 e. The van der Waals surface area contributed by atoms with Gasteiger partial charge in [-0.3, -0.25) is 4.79 Å². The smallest absolute Gasteiger partial charge is 0.409 e. The van der Waals surface area contributed by atoms with E-state index in [4.69, 9.17) is 0 Å². The van der Waals surface area contributed by atoms with E-state index >= 15 is 0 Å². The SMILES string of the molecule is O=C(Cc1ccc2c(c1)C(F)(F)OC(F)(F)O2)Nc1cccc(-c2ccc(S(=O)(=O)N3CCC[C@@H]3CO)cc2)n1. The van der Waals surface area contributed by atoms with E-state index in [-0.39, 0.29) is 29.3 Å². The number of nitrogens with one attached hydrogen (secondary N) is 1. The molecule has 0 bridgehead atoms. The summed E-state index contributed by atoms with van der Waals surface area (Å²) in [4.78, 5) is 17.0. The van der Waals surface area contributed by atoms with Gasteiger partial charge >= 0.3 is 12.4 Å². The number of benzene rings is 2. The summed E-state index contributed by atoms with van der Waals surface area (Å²) < 4.78 is 89.3. The van der Waals surface area contributed by atoms with Gasteiger partial charge in [0, 0.05) is 18.2 Å². The molecule has 1 amide bonds. The fourth-order valence-electron chi connectivity index (χ4n) is 4.64. The van der Waals surface area contributed by atoms with Gasteiger partial charge in [0.2, 0.25) is 15.9 Å². The highest BCUT2D eigenvalue weighted by Crippen LogP contribution is 2.46. The number of nitrogens with zero attached hydrogens (tertiary/aromatic N) is 2. The molecule has 5 rings (SSSR count). The Balaban J connectivity index is 1.28. The van der Waals surface area contributed by atoms with Gasteiger partial charge in [0.25, 0.3) is 0 Å². The fourth-order valence-corrected chi connectivity index (χ4v) is 6.32. The van der Waals surface area contributed by atoms with Crippen molar-refractivity contribution in [3.05, 3.63) is 71.8 Å². The second-order valence-corrected chi connectivity index (χ2v) is 11.2. The number of aliphatic hydroxyl groups is 1. The molecule has 2 N–H and O–H groups in total. The van der Waals surface area contributed by atoms with E-state index in [0.717, 1.165) is 12.1 Å². The molecule has 1 atom stereocenters. The highest BCUT2D eigenvalue weighted by atomic mass is 32.2. The van der Waals surface area contributed by atoms with Crippen LogP contribution in [0.3, 0.4) is 0 Å². The van der Waals surface area contributed by atoms with E-state index in [2.05, 4.69) is 19.8 Å². The molecule has 3 heterocycles. The molecule has 2 aromatic carbocycles. The van der Waals surface area contributed by atoms with Gasteiger partial charge < -0.3 is 15.2 Å². The average Bonchev–Trinajstić information content (AvgIpc) is 3.38. The molecular formula is C26H23F4N3O6S. The van der Waals surface area contributed by atoms with E-state index in [0.29, 0.717) is 30.6 Å². The Labute approximate surface area is 226 Å². The number of carbonyl (C=O) groups excluding carboxylic acids is 1. The van der Waals surface area contributed by atoms with Crippen LogP contribution in [0, 0.1) is 0 Å². The Bertz CT molecular complexity index is 1540. The summed E-state index contributed by atoms with van der Waals surface area (Å²) in [5.74, 6) is -1.22. The lowest BCUT2D eigenvalue weighted by Gasteiger charge is -2.30. The monoisotopic (exact) mass is 581 g/mol. The Morgan fingerprint density at radius 1 is 1.10 bits per heavy atom. The zero-order chi connectivity index (χ0) is 28.7. The molecule has 40 heavy (non-hydrogen) atoms. The van der Waals surface area contributed by atoms with Crippen molar-refractivity contribution in [3.63, 3.8) is 0 Å². The fraction of sp³-hybridized carbons (Fsp3) is 0.308. The van der Waals surface area contributed by atoms with Crippen LogP contribution in [-0.2, 0) is 32.1 Å². The minimum atomic E-state index is -4.49. The largest absolute Gasteiger partial charge is 0.540 e. The second kappa shape index (κ2) is 10.4. The molecule has 2 aliphatic heterocycles. The van der Waals surface area contributed by atoms with Crippen LogP contribution >= 0.6 is 0 Å². The van der Waals surface area contributed by atoms with Gasteiger partial charge in [0.1, 0.15) is 11.6 Å². The van der Waals surface area contributed by atoms with Crippen molar-refractivity contribution < 1.29 is 45.4 Å². The quantitative estimate of drug-likeness (QED) is 0.404. The zero-order valence-corrected chi connectivity index (χ0v) is 21.5. The number of aromatic nitrogens is 1. The summed E-state index contributed by atoms with van der Waals surface area (Å²) in [7, 11) is -3.78. The maximum atomic E-state index is 14.0. The molecule has 0 saturated carbocycles. The third-order valence-electron chi connectivity index (χ3n) is 6.51. The van der Waals surface area contributed by atoms with Crippen LogP contribution in [0.1, 0.15) is 24.0 Å². The summed E-state index contributed by atoms with van der Waals surface area (Å²) in [6, 6.07) is 13.4. The molecule has 3 aromatic rings. The molecule has 0 aliphatic carbocycles. The van der Waals surface area contributed by atoms with Gasteiger partial charge in [-0.05, 0) is 54.8 Å². The number of alkyl halides is 4. The number of halogens is 4. The molecule has 14 heteroatoms. The molecular weight excluding hydrogens is 558 g/mol. The number of fused-ring (bicyclic) bond motifs is 1. The topological polar surface area (TPSA) is 118 Å². The van der Waals surface area contributed by atoms with Crippen molar-refractivity contribution >= 4 is 21.7 Å². The van der Waals surface area contributed by atoms with E-state index in [9.17, 15) is 35.9 Å². The number of sulfonamides is 1. The third-order valence-corrected chi connectivity index (χ3v) is 8.47. The predicted octanol–water partition coefficient (Wildman–Crippen LogP) is 4.08. The molecule has 2 aliphatic rings. The Kier molecular flexibility index (Phi) is 7.29. The van der Waals surface area contributed by atoms with Crippen LogP contribution in [0.25, 0.3) is 11.3 Å². The van der Waals surface area contributed by atoms with Gasteiger partial charge in [-0.25, -0.2) is 18.1 Å². The average molecular weight is 582 g/mol. The van der Waals surface area contributed by atoms with Crippen LogP contribution in [-0.4, -0.2) is 54.2 Å². The Morgan fingerprint density at radius 2 is 1.85 bits per heavy atom. The molecule has 1 saturated heterocycles. The van der Waals surface area contributed by atoms with E-state index < -0.39 is 45.7 Å². The van der Waals surface area contributed by atoms with E-state index in [1.165, 1.54) is 28.6 Å². The van der Waals surface area contributed by atoms with Crippen molar-refractivity contribution in [2.24, 2.45) is 0 Å². The second-order valence-electron chi connectivity index (χ2n) is 9.27. The molecule has 9 nitrogen and oxygen atoms in total. The van der Waals surface area contributed by atoms with Crippen molar-refractivity contribution in [2.75, 3.05) is 18.5 Å². The van der Waals surface area contributed by atoms with Gasteiger partial charge in [-0.2, -0.15) is 13.1 Å². The first-order valence-corrected chi connectivity index (χ1v) is 13.6. The number of rotatable bonds is 7. The summed E-state index contributed by atoms with van der Waals surface area (Å²) in [5, 5.41) is 12.0. The maximum Gasteiger partial charge on any atom is 0.540 e. The highest BCUT2D eigenvalue weighted by molar-refractivity contribution is 7.89. The van der Waals surface area contributed by atoms with Gasteiger partial charge in [-0.15, -0.1) is 8.78 Å². The van der Waals surface area contributed by atoms with Crippen LogP contribution < -0.4 is 10.1 Å². The standard InChI is InChI=1S/C26H23F4N3O6S/c27-25(28)20-13-16(6-11-22(20)38-26(29,30)39-25)14-24(35)32-23-5-1-4-21(31-23)17-7-9-19(10-8-17)40(36,37)33-12-2-3-18(33)15-34/h1,4-11,13,18,34H,2-3,12,14-15H2,(H,31,32,35)/t18-/m1/s1. The van der Waals surface area contributed by atoms with Crippen LogP contribution in [0.15, 0.2) is 65.6 Å². The van der Waals surface area contributed by atoms with Crippen molar-refractivity contribution in [1.82, 2.24) is 9.29 Å². The first kappa shape index (κ1) is 28.0. The summed E-state index contributed by atoms with van der Waals surface area (Å²) in [6.07, 6.45) is -7.91. The Morgan fingerprint density at radius 3 is 2.58 bits per heavy atom. The summed E-state index contributed by atoms with van der Waals surface area (Å²) >= 11 is 0. The summed E-state index contributed by atoms with van der Waals surface area (Å²) in [6.45, 7) is 0.0877. The number of hydrogen-bond donors (Lipinski definition) is 2. The number of carbonyl (C=O) groups is 1. The van der Waals surface area contributed by atoms with Crippen molar-refractivity contribution in [3.8, 4) is 17.0 Å². The van der Waals surface area contributed by atoms with Gasteiger partial charge in [0.05, 0.1) is 29.2 Å². The first-order valence-electron chi connectivity index (χ1n) is 12.2. The van der Waals surface area contributed by atoms with E-state index in [1.807, 2.05) is 0 Å². The van der Waals surface area contributed by atoms with Crippen molar-refractivity contribution in [2.45, 2.75) is 42.6 Å².